The lowest BCUT2D eigenvalue weighted by Gasteiger charge is -2.21. The van der Waals surface area contributed by atoms with E-state index in [0.717, 1.165) is 6.42 Å². The van der Waals surface area contributed by atoms with Crippen molar-refractivity contribution in [3.05, 3.63) is 23.8 Å². The summed E-state index contributed by atoms with van der Waals surface area (Å²) in [6, 6.07) is 4.26. The molecule has 0 spiro atoms. The van der Waals surface area contributed by atoms with Crippen molar-refractivity contribution in [3.63, 3.8) is 0 Å². The van der Waals surface area contributed by atoms with Gasteiger partial charge >= 0.3 is 0 Å². The summed E-state index contributed by atoms with van der Waals surface area (Å²) < 4.78 is 5.09. The molecule has 0 aliphatic carbocycles. The molecule has 2 atom stereocenters. The van der Waals surface area contributed by atoms with Gasteiger partial charge in [-0.1, -0.05) is 13.8 Å². The highest BCUT2D eigenvalue weighted by Crippen LogP contribution is 2.30. The highest BCUT2D eigenvalue weighted by atomic mass is 16.5. The number of hydrogen-bond acceptors (Lipinski definition) is 4. The summed E-state index contributed by atoms with van der Waals surface area (Å²) in [4.78, 5) is 0. The Morgan fingerprint density at radius 3 is 2.50 bits per heavy atom. The Morgan fingerprint density at radius 2 is 1.94 bits per heavy atom. The fourth-order valence-electron chi connectivity index (χ4n) is 1.82. The Kier molecular flexibility index (Phi) is 5.44. The van der Waals surface area contributed by atoms with Gasteiger partial charge in [-0.25, -0.2) is 0 Å². The van der Waals surface area contributed by atoms with Crippen LogP contribution in [-0.2, 0) is 0 Å². The minimum absolute atomic E-state index is 0.0897. The van der Waals surface area contributed by atoms with Gasteiger partial charge in [-0.15, -0.1) is 0 Å². The average molecular weight is 253 g/mol. The van der Waals surface area contributed by atoms with Crippen LogP contribution in [0.3, 0.4) is 0 Å². The predicted molar refractivity (Wildman–Crippen MR) is 71.7 cm³/mol. The molecule has 4 nitrogen and oxygen atoms in total. The molecule has 1 aromatic rings. The third-order valence-corrected chi connectivity index (χ3v) is 3.05. The molecule has 4 N–H and O–H groups in total. The molecule has 0 saturated carbocycles. The summed E-state index contributed by atoms with van der Waals surface area (Å²) in [6.45, 7) is 4.20. The Hall–Kier alpha value is -1.26. The zero-order chi connectivity index (χ0) is 13.7. The number of aliphatic hydroxyl groups is 1. The monoisotopic (exact) mass is 253 g/mol. The van der Waals surface area contributed by atoms with Gasteiger partial charge < -0.3 is 20.7 Å². The molecule has 0 heterocycles. The molecule has 18 heavy (non-hydrogen) atoms. The van der Waals surface area contributed by atoms with Crippen molar-refractivity contribution < 1.29 is 14.9 Å². The van der Waals surface area contributed by atoms with Gasteiger partial charge in [0.2, 0.25) is 0 Å². The first kappa shape index (κ1) is 14.8. The van der Waals surface area contributed by atoms with Gasteiger partial charge in [0.15, 0.2) is 0 Å². The van der Waals surface area contributed by atoms with E-state index < -0.39 is 12.1 Å². The molecule has 0 fully saturated rings. The summed E-state index contributed by atoms with van der Waals surface area (Å²) in [6.07, 6.45) is 0.861. The molecule has 0 aromatic heterocycles. The van der Waals surface area contributed by atoms with E-state index in [0.29, 0.717) is 23.7 Å². The lowest BCUT2D eigenvalue weighted by atomic mass is 9.95. The van der Waals surface area contributed by atoms with E-state index in [1.807, 2.05) is 0 Å². The van der Waals surface area contributed by atoms with Crippen molar-refractivity contribution in [2.45, 2.75) is 38.8 Å². The van der Waals surface area contributed by atoms with E-state index in [1.165, 1.54) is 6.07 Å². The van der Waals surface area contributed by atoms with Crippen LogP contribution in [0.4, 0.5) is 0 Å². The smallest absolute Gasteiger partial charge is 0.120 e. The lowest BCUT2D eigenvalue weighted by molar-refractivity contribution is 0.127. The molecule has 0 aliphatic heterocycles. The van der Waals surface area contributed by atoms with Crippen LogP contribution in [0.5, 0.6) is 11.5 Å². The Morgan fingerprint density at radius 1 is 1.28 bits per heavy atom. The fraction of sp³-hybridized carbons (Fsp3) is 0.571. The number of benzene rings is 1. The number of aromatic hydroxyl groups is 1. The third kappa shape index (κ3) is 3.89. The summed E-state index contributed by atoms with van der Waals surface area (Å²) >= 11 is 0. The van der Waals surface area contributed by atoms with Crippen molar-refractivity contribution >= 4 is 0 Å². The molecule has 1 rings (SSSR count). The van der Waals surface area contributed by atoms with Gasteiger partial charge in [-0.3, -0.25) is 0 Å². The molecule has 0 bridgehead atoms. The van der Waals surface area contributed by atoms with Gasteiger partial charge in [-0.05, 0) is 37.0 Å². The maximum Gasteiger partial charge on any atom is 0.120 e. The second-order valence-electron chi connectivity index (χ2n) is 4.99. The number of ether oxygens (including phenoxy) is 1. The van der Waals surface area contributed by atoms with Gasteiger partial charge in [0.05, 0.1) is 19.3 Å². The van der Waals surface area contributed by atoms with E-state index >= 15 is 0 Å². The molecule has 1 aromatic carbocycles. The highest BCUT2D eigenvalue weighted by molar-refractivity contribution is 5.41. The van der Waals surface area contributed by atoms with Crippen molar-refractivity contribution in [1.29, 1.82) is 0 Å². The van der Waals surface area contributed by atoms with Gasteiger partial charge in [0, 0.05) is 5.56 Å². The van der Waals surface area contributed by atoms with E-state index in [2.05, 4.69) is 13.8 Å². The maximum absolute atomic E-state index is 10.0. The van der Waals surface area contributed by atoms with Crippen molar-refractivity contribution in [2.24, 2.45) is 11.7 Å². The standard InChI is InChI=1S/C14H23NO3/c1-9(2)4-6-13(17)14(15)11-8-10(18-3)5-7-12(11)16/h5,7-9,13-14,16-17H,4,6,15H2,1-3H3/t13-,14+/m1/s1. The fourth-order valence-corrected chi connectivity index (χ4v) is 1.82. The van der Waals surface area contributed by atoms with E-state index in [9.17, 15) is 10.2 Å². The van der Waals surface area contributed by atoms with Crippen LogP contribution in [0.25, 0.3) is 0 Å². The second-order valence-corrected chi connectivity index (χ2v) is 4.99. The predicted octanol–water partition coefficient (Wildman–Crippen LogP) is 2.20. The van der Waals surface area contributed by atoms with Crippen LogP contribution in [0.15, 0.2) is 18.2 Å². The molecule has 0 radical (unpaired) electrons. The number of hydrogen-bond donors (Lipinski definition) is 3. The molecule has 0 aliphatic rings. The Balaban J connectivity index is 2.78. The molecule has 0 amide bonds. The molecular formula is C14H23NO3. The molecule has 4 heteroatoms. The number of nitrogens with two attached hydrogens (primary N) is 1. The minimum atomic E-state index is -0.662. The van der Waals surface area contributed by atoms with Crippen LogP contribution in [0.2, 0.25) is 0 Å². The van der Waals surface area contributed by atoms with E-state index in [4.69, 9.17) is 10.5 Å². The van der Waals surface area contributed by atoms with Crippen LogP contribution >= 0.6 is 0 Å². The first-order valence-electron chi connectivity index (χ1n) is 6.26. The van der Waals surface area contributed by atoms with Crippen molar-refractivity contribution in [3.8, 4) is 11.5 Å². The van der Waals surface area contributed by atoms with E-state index in [1.54, 1.807) is 19.2 Å². The topological polar surface area (TPSA) is 75.7 Å². The molecule has 0 unspecified atom stereocenters. The van der Waals surface area contributed by atoms with E-state index in [-0.39, 0.29) is 5.75 Å². The zero-order valence-corrected chi connectivity index (χ0v) is 11.3. The number of methoxy groups -OCH3 is 1. The normalized spacial score (nSPS) is 14.6. The van der Waals surface area contributed by atoms with Crippen LogP contribution in [0.1, 0.15) is 38.3 Å². The molecule has 0 saturated heterocycles. The second kappa shape index (κ2) is 6.61. The maximum atomic E-state index is 10.0. The van der Waals surface area contributed by atoms with Crippen molar-refractivity contribution in [2.75, 3.05) is 7.11 Å². The third-order valence-electron chi connectivity index (χ3n) is 3.05. The lowest BCUT2D eigenvalue weighted by Crippen LogP contribution is -2.26. The van der Waals surface area contributed by atoms with Gasteiger partial charge in [0.25, 0.3) is 0 Å². The summed E-state index contributed by atoms with van der Waals surface area (Å²) in [5, 5.41) is 19.8. The van der Waals surface area contributed by atoms with Crippen molar-refractivity contribution in [1.82, 2.24) is 0 Å². The largest absolute Gasteiger partial charge is 0.508 e. The SMILES string of the molecule is COc1ccc(O)c([C@H](N)[C@H](O)CCC(C)C)c1. The highest BCUT2D eigenvalue weighted by Gasteiger charge is 2.20. The van der Waals surface area contributed by atoms with Crippen LogP contribution < -0.4 is 10.5 Å². The molecular weight excluding hydrogens is 230 g/mol. The quantitative estimate of drug-likeness (QED) is 0.726. The number of phenolic OH excluding ortho intramolecular Hbond substituents is 1. The number of aliphatic hydroxyl groups excluding tert-OH is 1. The van der Waals surface area contributed by atoms with Crippen LogP contribution in [-0.4, -0.2) is 23.4 Å². The first-order chi connectivity index (χ1) is 8.45. The first-order valence-corrected chi connectivity index (χ1v) is 6.26. The van der Waals surface area contributed by atoms with Crippen LogP contribution in [0, 0.1) is 5.92 Å². The summed E-state index contributed by atoms with van der Waals surface area (Å²) in [5.74, 6) is 1.23. The Labute approximate surface area is 108 Å². The Bertz CT molecular complexity index is 379. The van der Waals surface area contributed by atoms with Gasteiger partial charge in [0.1, 0.15) is 11.5 Å². The number of rotatable bonds is 6. The van der Waals surface area contributed by atoms with Gasteiger partial charge in [-0.2, -0.15) is 0 Å². The summed E-state index contributed by atoms with van der Waals surface area (Å²) in [5.41, 5.74) is 6.50. The minimum Gasteiger partial charge on any atom is -0.508 e. The zero-order valence-electron chi connectivity index (χ0n) is 11.3. The molecule has 102 valence electrons. The summed E-state index contributed by atoms with van der Waals surface area (Å²) in [7, 11) is 1.55. The number of phenols is 1. The average Bonchev–Trinajstić information content (AvgIpc) is 2.35.